The summed E-state index contributed by atoms with van der Waals surface area (Å²) in [6.45, 7) is 10.4. The minimum absolute atomic E-state index is 0.0687. The minimum Gasteiger partial charge on any atom is -0.496 e. The molecule has 1 fully saturated rings. The van der Waals surface area contributed by atoms with Gasteiger partial charge in [-0.15, -0.1) is 4.80 Å². The molecule has 15 heteroatoms. The van der Waals surface area contributed by atoms with Gasteiger partial charge in [0.2, 0.25) is 5.91 Å². The number of aromatic nitrogens is 5. The molecule has 7 rings (SSSR count). The molecule has 3 aromatic heterocycles. The average molecular weight is 811 g/mol. The highest BCUT2D eigenvalue weighted by Gasteiger charge is 2.50. The molecule has 4 heterocycles. The van der Waals surface area contributed by atoms with Crippen LogP contribution in [0.3, 0.4) is 0 Å². The Hall–Kier alpha value is -5.22. The van der Waals surface area contributed by atoms with Crippen LogP contribution < -0.4 is 26.4 Å². The van der Waals surface area contributed by atoms with Crippen molar-refractivity contribution in [1.29, 1.82) is 0 Å². The third-order valence-electron chi connectivity index (χ3n) is 11.0. The van der Waals surface area contributed by atoms with Gasteiger partial charge in [-0.1, -0.05) is 92.8 Å². The van der Waals surface area contributed by atoms with Crippen molar-refractivity contribution in [1.82, 2.24) is 29.0 Å². The van der Waals surface area contributed by atoms with Crippen molar-refractivity contribution in [2.75, 3.05) is 33.9 Å². The molecule has 1 saturated heterocycles. The third-order valence-corrected chi connectivity index (χ3v) is 17.4. The summed E-state index contributed by atoms with van der Waals surface area (Å²) >= 11 is 1.18. The number of fused-ring (bicyclic) bond motifs is 1. The summed E-state index contributed by atoms with van der Waals surface area (Å²) in [6.07, 6.45) is 2.35. The van der Waals surface area contributed by atoms with Gasteiger partial charge in [-0.3, -0.25) is 14.2 Å². The van der Waals surface area contributed by atoms with Crippen LogP contribution in [0.5, 0.6) is 5.75 Å². The molecule has 12 nitrogen and oxygen atoms in total. The molecule has 0 bridgehead atoms. The maximum atomic E-state index is 15.1. The van der Waals surface area contributed by atoms with Crippen LogP contribution in [-0.2, 0) is 26.0 Å². The Balaban J connectivity index is 1.34. The molecule has 57 heavy (non-hydrogen) atoms. The Morgan fingerprint density at radius 3 is 2.14 bits per heavy atom. The average Bonchev–Trinajstić information content (AvgIpc) is 3.92. The van der Waals surface area contributed by atoms with Gasteiger partial charge in [-0.25, -0.2) is 13.8 Å². The molecule has 2 atom stereocenters. The third kappa shape index (κ3) is 6.96. The van der Waals surface area contributed by atoms with Crippen LogP contribution >= 0.6 is 11.3 Å². The number of aryl methyl sites for hydroxylation is 1. The van der Waals surface area contributed by atoms with Crippen molar-refractivity contribution in [2.24, 2.45) is 0 Å². The lowest BCUT2D eigenvalue weighted by Gasteiger charge is -2.43. The molecule has 1 aliphatic rings. The van der Waals surface area contributed by atoms with Crippen molar-refractivity contribution < 1.29 is 23.1 Å². The van der Waals surface area contributed by atoms with Crippen molar-refractivity contribution in [3.05, 3.63) is 129 Å². The summed E-state index contributed by atoms with van der Waals surface area (Å²) in [5, 5.41) is 11.3. The van der Waals surface area contributed by atoms with Crippen LogP contribution in [0.2, 0.25) is 5.04 Å². The molecule has 1 aliphatic heterocycles. The number of likely N-dealkylation sites (tertiary alicyclic amines) is 1. The first-order valence-electron chi connectivity index (χ1n) is 18.8. The van der Waals surface area contributed by atoms with Gasteiger partial charge in [-0.2, -0.15) is 10.2 Å². The predicted octanol–water partition coefficient (Wildman–Crippen LogP) is 5.17. The number of nitrogens with zero attached hydrogens (tertiary/aromatic N) is 6. The number of hydrogen-bond donors (Lipinski definition) is 0. The van der Waals surface area contributed by atoms with E-state index in [0.29, 0.717) is 33.3 Å². The first-order valence-corrected chi connectivity index (χ1v) is 21.6. The molecule has 6 aromatic rings. The quantitative estimate of drug-likeness (QED) is 0.116. The van der Waals surface area contributed by atoms with Crippen LogP contribution in [-0.4, -0.2) is 77.2 Å². The van der Waals surface area contributed by atoms with E-state index >= 15 is 4.39 Å². The molecular weight excluding hydrogens is 764 g/mol. The summed E-state index contributed by atoms with van der Waals surface area (Å²) in [7, 11) is 0.208. The molecule has 0 unspecified atom stereocenters. The number of rotatable bonds is 13. The summed E-state index contributed by atoms with van der Waals surface area (Å²) < 4.78 is 37.2. The lowest BCUT2D eigenvalue weighted by molar-refractivity contribution is -0.133. The lowest BCUT2D eigenvalue weighted by Crippen LogP contribution is -2.66. The fraction of sp³-hybridized carbons (Fsp3) is 0.357. The summed E-state index contributed by atoms with van der Waals surface area (Å²) in [5.41, 5.74) is -1.78. The largest absolute Gasteiger partial charge is 0.496 e. The van der Waals surface area contributed by atoms with Gasteiger partial charge in [0.15, 0.2) is 0 Å². The summed E-state index contributed by atoms with van der Waals surface area (Å²) in [4.78, 5) is 46.3. The van der Waals surface area contributed by atoms with Crippen LogP contribution in [0.15, 0.2) is 101 Å². The zero-order valence-corrected chi connectivity index (χ0v) is 35.0. The topological polar surface area (TPSA) is 123 Å². The van der Waals surface area contributed by atoms with Crippen LogP contribution in [0.25, 0.3) is 15.2 Å². The van der Waals surface area contributed by atoms with E-state index in [1.54, 1.807) is 20.9 Å². The number of amides is 1. The number of carbonyl (C=O) groups excluding carboxylic acids is 1. The van der Waals surface area contributed by atoms with Crippen LogP contribution in [0.4, 0.5) is 4.39 Å². The Morgan fingerprint density at radius 2 is 1.58 bits per heavy atom. The van der Waals surface area contributed by atoms with E-state index in [9.17, 15) is 14.4 Å². The normalized spacial score (nSPS) is 16.8. The summed E-state index contributed by atoms with van der Waals surface area (Å²) in [5.74, 6) is -0.499. The fourth-order valence-electron chi connectivity index (χ4n) is 8.17. The van der Waals surface area contributed by atoms with Crippen molar-refractivity contribution in [3.63, 3.8) is 0 Å². The first kappa shape index (κ1) is 40.0. The number of hydrogen-bond acceptors (Lipinski definition) is 9. The number of carbonyl (C=O) groups is 1. The highest BCUT2D eigenvalue weighted by molar-refractivity contribution is 7.21. The molecule has 298 valence electrons. The molecule has 1 amide bonds. The molecule has 3 aromatic carbocycles. The van der Waals surface area contributed by atoms with Gasteiger partial charge in [0.25, 0.3) is 13.9 Å². The summed E-state index contributed by atoms with van der Waals surface area (Å²) in [6, 6.07) is 24.7. The van der Waals surface area contributed by atoms with Crippen LogP contribution in [0, 0.1) is 12.7 Å². The zero-order valence-electron chi connectivity index (χ0n) is 33.2. The van der Waals surface area contributed by atoms with Crippen LogP contribution in [0.1, 0.15) is 51.3 Å². The van der Waals surface area contributed by atoms with E-state index in [1.807, 2.05) is 36.4 Å². The monoisotopic (exact) mass is 810 g/mol. The van der Waals surface area contributed by atoms with E-state index in [-0.39, 0.29) is 42.5 Å². The van der Waals surface area contributed by atoms with Crippen molar-refractivity contribution >= 4 is 46.2 Å². The zero-order chi connectivity index (χ0) is 40.7. The van der Waals surface area contributed by atoms with Crippen molar-refractivity contribution in [3.8, 4) is 10.8 Å². The predicted molar refractivity (Wildman–Crippen MR) is 221 cm³/mol. The smallest absolute Gasteiger partial charge is 0.333 e. The Morgan fingerprint density at radius 1 is 0.947 bits per heavy atom. The van der Waals surface area contributed by atoms with E-state index < -0.39 is 37.0 Å². The highest BCUT2D eigenvalue weighted by Crippen LogP contribution is 2.38. The number of benzene rings is 3. The number of thiophene rings is 1. The maximum Gasteiger partial charge on any atom is 0.333 e. The Bertz CT molecular complexity index is 2480. The van der Waals surface area contributed by atoms with Gasteiger partial charge in [0.05, 0.1) is 44.6 Å². The van der Waals surface area contributed by atoms with E-state index in [1.165, 1.54) is 63.3 Å². The standard InChI is InChI=1S/C42H47FN6O6SSi/c1-28-35-36(50)48(42(5)20-23-46(6)39(42)51)40(52)47(38(35)56-37(28)49-44-21-22-45-49)27-34(32-26-29(43)18-19-33(32)53-7)54-24-25-55-57(41(2,3)4,30-14-10-8-11-15-30)31-16-12-9-13-17-31/h8-19,21-22,26,34H,20,23-25,27H2,1-7H3/t34-,42+/m0/s1. The number of ether oxygens (including phenoxy) is 2. The van der Waals surface area contributed by atoms with E-state index in [2.05, 4.69) is 55.2 Å². The number of likely N-dealkylation sites (N-methyl/N-ethyl adjacent to an activating group) is 1. The minimum atomic E-state index is -2.93. The number of methoxy groups -OCH3 is 1. The molecule has 0 N–H and O–H groups in total. The molecule has 0 spiro atoms. The van der Waals surface area contributed by atoms with Gasteiger partial charge in [0, 0.05) is 24.7 Å². The Labute approximate surface area is 335 Å². The SMILES string of the molecule is COc1ccc(F)cc1[C@H](Cn1c(=O)n([C@]2(C)CCN(C)C2=O)c(=O)c2c(C)c(-n3nccn3)sc21)OCCO[Si](c1ccccc1)(c1ccccc1)C(C)(C)C. The number of halogens is 1. The highest BCUT2D eigenvalue weighted by atomic mass is 32.1. The van der Waals surface area contributed by atoms with Gasteiger partial charge in [0.1, 0.15) is 33.0 Å². The second-order valence-electron chi connectivity index (χ2n) is 15.6. The van der Waals surface area contributed by atoms with Gasteiger partial charge in [-0.05, 0) is 53.9 Å². The van der Waals surface area contributed by atoms with Gasteiger partial charge < -0.3 is 18.8 Å². The lowest BCUT2D eigenvalue weighted by atomic mass is 10.00. The molecule has 0 saturated carbocycles. The molecule has 0 radical (unpaired) electrons. The Kier molecular flexibility index (Phi) is 11.0. The second-order valence-corrected chi connectivity index (χ2v) is 20.9. The van der Waals surface area contributed by atoms with E-state index in [0.717, 1.165) is 14.9 Å². The second kappa shape index (κ2) is 15.6. The first-order chi connectivity index (χ1) is 27.2. The molecular formula is C42H47FN6O6SSi. The van der Waals surface area contributed by atoms with Crippen molar-refractivity contribution in [2.45, 2.75) is 64.3 Å². The maximum absolute atomic E-state index is 15.1. The van der Waals surface area contributed by atoms with E-state index in [4.69, 9.17) is 13.9 Å². The molecule has 0 aliphatic carbocycles. The fourth-order valence-corrected chi connectivity index (χ4v) is 13.9. The van der Waals surface area contributed by atoms with Gasteiger partial charge >= 0.3 is 5.69 Å².